The van der Waals surface area contributed by atoms with Gasteiger partial charge in [-0.1, -0.05) is 12.1 Å². The van der Waals surface area contributed by atoms with Gasteiger partial charge < -0.3 is 19.7 Å². The first-order valence-electron chi connectivity index (χ1n) is 3.50. The number of phenols is 1. The summed E-state index contributed by atoms with van der Waals surface area (Å²) in [7, 11) is 0. The van der Waals surface area contributed by atoms with Crippen LogP contribution in [0.15, 0.2) is 24.3 Å². The maximum atomic E-state index is 12.4. The lowest BCUT2D eigenvalue weighted by molar-refractivity contribution is -0.350. The van der Waals surface area contributed by atoms with Gasteiger partial charge >= 0.3 is 6.11 Å². The maximum Gasteiger partial charge on any atom is 0.441 e. The molecule has 76 valence electrons. The lowest BCUT2D eigenvalue weighted by Gasteiger charge is -2.18. The molecule has 0 spiro atoms. The number of alkyl halides is 2. The van der Waals surface area contributed by atoms with Crippen molar-refractivity contribution < 1.29 is 28.5 Å². The van der Waals surface area contributed by atoms with Crippen molar-refractivity contribution in [2.24, 2.45) is 0 Å². The Hall–Kier alpha value is -1.85. The summed E-state index contributed by atoms with van der Waals surface area (Å²) in [6.45, 7) is 0. The van der Waals surface area contributed by atoms with Gasteiger partial charge in [0.15, 0.2) is 17.5 Å². The van der Waals surface area contributed by atoms with Crippen LogP contribution in [0.2, 0.25) is 0 Å². The number of phenolic OH excluding ortho intramolecular Hbond substituents is 1. The van der Waals surface area contributed by atoms with E-state index in [9.17, 15) is 18.7 Å². The monoisotopic (exact) mass is 203 g/mol. The molecule has 0 bridgehead atoms. The molecule has 1 aromatic rings. The molecule has 0 saturated carbocycles. The molecule has 0 amide bonds. The zero-order valence-corrected chi connectivity index (χ0v) is 6.74. The highest BCUT2D eigenvalue weighted by Gasteiger charge is 2.34. The van der Waals surface area contributed by atoms with Gasteiger partial charge in [-0.05, 0) is 12.1 Å². The van der Waals surface area contributed by atoms with Crippen LogP contribution in [0.4, 0.5) is 8.78 Å². The van der Waals surface area contributed by atoms with Crippen molar-refractivity contribution >= 4 is 5.97 Å². The van der Waals surface area contributed by atoms with E-state index in [1.165, 1.54) is 12.1 Å². The van der Waals surface area contributed by atoms with Crippen molar-refractivity contribution in [1.82, 2.24) is 0 Å². The van der Waals surface area contributed by atoms with E-state index in [1.54, 1.807) is 0 Å². The summed E-state index contributed by atoms with van der Waals surface area (Å²) >= 11 is 0. The fraction of sp³-hybridized carbons (Fsp3) is 0.125. The van der Waals surface area contributed by atoms with E-state index in [1.807, 2.05) is 0 Å². The van der Waals surface area contributed by atoms with Crippen molar-refractivity contribution in [3.05, 3.63) is 24.3 Å². The van der Waals surface area contributed by atoms with Gasteiger partial charge in [-0.25, -0.2) is 0 Å². The molecule has 0 heterocycles. The van der Waals surface area contributed by atoms with Crippen LogP contribution in [0, 0.1) is 0 Å². The zero-order chi connectivity index (χ0) is 10.8. The quantitative estimate of drug-likeness (QED) is 0.757. The van der Waals surface area contributed by atoms with E-state index in [-0.39, 0.29) is 0 Å². The average Bonchev–Trinajstić information content (AvgIpc) is 2.08. The molecule has 1 rings (SSSR count). The first kappa shape index (κ1) is 10.2. The first-order chi connectivity index (χ1) is 6.43. The van der Waals surface area contributed by atoms with E-state index < -0.39 is 23.6 Å². The number of carbonyl (C=O) groups is 1. The lowest BCUT2D eigenvalue weighted by atomic mass is 10.3. The van der Waals surface area contributed by atoms with Gasteiger partial charge in [-0.2, -0.15) is 8.78 Å². The minimum absolute atomic E-state index is 0.576. The van der Waals surface area contributed by atoms with Crippen LogP contribution >= 0.6 is 0 Å². The Bertz CT molecular complexity index is 351. The molecule has 0 aromatic heterocycles. The van der Waals surface area contributed by atoms with Crippen LogP contribution in [0.1, 0.15) is 0 Å². The number of benzene rings is 1. The molecule has 4 nitrogen and oxygen atoms in total. The molecule has 0 aliphatic rings. The van der Waals surface area contributed by atoms with Crippen molar-refractivity contribution in [2.75, 3.05) is 0 Å². The number of carboxylic acid groups (broad SMARTS) is 1. The third-order valence-corrected chi connectivity index (χ3v) is 1.34. The highest BCUT2D eigenvalue weighted by atomic mass is 19.3. The van der Waals surface area contributed by atoms with Gasteiger partial charge in [-0.3, -0.25) is 0 Å². The topological polar surface area (TPSA) is 69.6 Å². The van der Waals surface area contributed by atoms with Gasteiger partial charge in [0, 0.05) is 0 Å². The highest BCUT2D eigenvalue weighted by molar-refractivity contribution is 5.71. The number of ether oxygens (including phenoxy) is 1. The third kappa shape index (κ3) is 2.09. The number of para-hydroxylation sites is 2. The second kappa shape index (κ2) is 3.49. The van der Waals surface area contributed by atoms with Gasteiger partial charge in [0.25, 0.3) is 0 Å². The average molecular weight is 203 g/mol. The smallest absolute Gasteiger partial charge is 0.441 e. The number of rotatable bonds is 3. The summed E-state index contributed by atoms with van der Waals surface area (Å²) in [5.41, 5.74) is 0. The largest absolute Gasteiger partial charge is 0.541 e. The standard InChI is InChI=1S/C8H6F2O4/c9-8(10,7(12)13)14-6-4-2-1-3-5(6)11/h1-4,11H,(H,12,13)/p-1. The van der Waals surface area contributed by atoms with Crippen molar-refractivity contribution in [3.8, 4) is 11.5 Å². The van der Waals surface area contributed by atoms with E-state index in [0.29, 0.717) is 0 Å². The van der Waals surface area contributed by atoms with Crippen LogP contribution in [0.5, 0.6) is 11.5 Å². The molecule has 14 heavy (non-hydrogen) atoms. The number of halogens is 2. The zero-order valence-electron chi connectivity index (χ0n) is 6.74. The first-order valence-corrected chi connectivity index (χ1v) is 3.50. The summed E-state index contributed by atoms with van der Waals surface area (Å²) in [5, 5.41) is 18.9. The van der Waals surface area contributed by atoms with Crippen molar-refractivity contribution in [1.29, 1.82) is 0 Å². The van der Waals surface area contributed by atoms with Crippen molar-refractivity contribution in [2.45, 2.75) is 6.11 Å². The van der Waals surface area contributed by atoms with Crippen LogP contribution < -0.4 is 9.84 Å². The fourth-order valence-electron chi connectivity index (χ4n) is 0.723. The lowest BCUT2D eigenvalue weighted by Crippen LogP contribution is -2.45. The van der Waals surface area contributed by atoms with Crippen molar-refractivity contribution in [3.63, 3.8) is 0 Å². The minimum Gasteiger partial charge on any atom is -0.541 e. The predicted molar refractivity (Wildman–Crippen MR) is 38.7 cm³/mol. The normalized spacial score (nSPS) is 11.0. The Balaban J connectivity index is 2.89. The summed E-state index contributed by atoms with van der Waals surface area (Å²) < 4.78 is 28.6. The number of hydrogen-bond acceptors (Lipinski definition) is 4. The Morgan fingerprint density at radius 3 is 2.50 bits per heavy atom. The molecule has 0 atom stereocenters. The molecule has 0 fully saturated rings. The predicted octanol–water partition coefficient (Wildman–Crippen LogP) is 0.114. The minimum atomic E-state index is -4.46. The highest BCUT2D eigenvalue weighted by Crippen LogP contribution is 2.29. The maximum absolute atomic E-state index is 12.4. The van der Waals surface area contributed by atoms with Crippen LogP contribution in [0.25, 0.3) is 0 Å². The number of hydrogen-bond donors (Lipinski definition) is 1. The Kier molecular flexibility index (Phi) is 2.55. The Labute approximate surface area is 77.4 Å². The molecule has 0 unspecified atom stereocenters. The van der Waals surface area contributed by atoms with E-state index in [2.05, 4.69) is 4.74 Å². The molecule has 0 radical (unpaired) electrons. The van der Waals surface area contributed by atoms with Gasteiger partial charge in [0.2, 0.25) is 0 Å². The van der Waals surface area contributed by atoms with Crippen LogP contribution in [-0.4, -0.2) is 17.2 Å². The molecular weight excluding hydrogens is 198 g/mol. The molecule has 6 heteroatoms. The molecule has 0 aliphatic carbocycles. The van der Waals surface area contributed by atoms with E-state index >= 15 is 0 Å². The van der Waals surface area contributed by atoms with Crippen LogP contribution in [0.3, 0.4) is 0 Å². The molecule has 1 N–H and O–H groups in total. The van der Waals surface area contributed by atoms with Gasteiger partial charge in [0.05, 0.1) is 0 Å². The molecule has 0 saturated heterocycles. The molecular formula is C8H5F2O4-. The Morgan fingerprint density at radius 1 is 1.43 bits per heavy atom. The summed E-state index contributed by atoms with van der Waals surface area (Å²) in [6, 6.07) is 4.77. The van der Waals surface area contributed by atoms with Gasteiger partial charge in [0.1, 0.15) is 0 Å². The number of carboxylic acids is 1. The number of aromatic hydroxyl groups is 1. The summed E-state index contributed by atoms with van der Waals surface area (Å²) in [5.74, 6) is -3.86. The second-order valence-corrected chi connectivity index (χ2v) is 2.37. The third-order valence-electron chi connectivity index (χ3n) is 1.34. The Morgan fingerprint density at radius 2 is 2.00 bits per heavy atom. The second-order valence-electron chi connectivity index (χ2n) is 2.37. The van der Waals surface area contributed by atoms with E-state index in [0.717, 1.165) is 12.1 Å². The molecule has 1 aromatic carbocycles. The van der Waals surface area contributed by atoms with Crippen LogP contribution in [-0.2, 0) is 4.79 Å². The summed E-state index contributed by atoms with van der Waals surface area (Å²) in [6.07, 6.45) is -4.46. The SMILES string of the molecule is O=C([O-])C(F)(F)Oc1ccccc1O. The summed E-state index contributed by atoms with van der Waals surface area (Å²) in [4.78, 5) is 9.87. The van der Waals surface area contributed by atoms with Gasteiger partial charge in [-0.15, -0.1) is 0 Å². The number of aliphatic carboxylic acids is 1. The van der Waals surface area contributed by atoms with E-state index in [4.69, 9.17) is 5.11 Å². The fourth-order valence-corrected chi connectivity index (χ4v) is 0.723. The molecule has 0 aliphatic heterocycles. The number of carbonyl (C=O) groups excluding carboxylic acids is 1.